The average Bonchev–Trinajstić information content (AvgIpc) is 3.06. The van der Waals surface area contributed by atoms with Crippen molar-refractivity contribution in [3.63, 3.8) is 0 Å². The summed E-state index contributed by atoms with van der Waals surface area (Å²) in [5.74, 6) is -1.02. The number of esters is 1. The Morgan fingerprint density at radius 3 is 2.32 bits per heavy atom. The molecule has 146 valence electrons. The summed E-state index contributed by atoms with van der Waals surface area (Å²) in [7, 11) is 0. The number of carbonyl (C=O) groups excluding carboxylic acids is 2. The lowest BCUT2D eigenvalue weighted by molar-refractivity contribution is -0.152. The second-order valence-electron chi connectivity index (χ2n) is 7.29. The first-order valence-corrected chi connectivity index (χ1v) is 9.47. The van der Waals surface area contributed by atoms with Crippen molar-refractivity contribution in [2.24, 2.45) is 0 Å². The average molecular weight is 419 g/mol. The fourth-order valence-corrected chi connectivity index (χ4v) is 3.46. The first kappa shape index (κ1) is 20.2. The summed E-state index contributed by atoms with van der Waals surface area (Å²) in [5, 5.41) is 1.33. The van der Waals surface area contributed by atoms with Gasteiger partial charge < -0.3 is 9.72 Å². The largest absolute Gasteiger partial charge is 0.459 e. The van der Waals surface area contributed by atoms with Crippen LogP contribution >= 0.6 is 23.2 Å². The predicted molar refractivity (Wildman–Crippen MR) is 112 cm³/mol. The molecule has 3 rings (SSSR count). The lowest BCUT2D eigenvalue weighted by atomic mass is 10.1. The van der Waals surface area contributed by atoms with E-state index in [2.05, 4.69) is 4.98 Å². The van der Waals surface area contributed by atoms with Gasteiger partial charge in [-0.1, -0.05) is 41.4 Å². The molecule has 0 bridgehead atoms. The van der Waals surface area contributed by atoms with Gasteiger partial charge in [0, 0.05) is 11.6 Å². The number of aromatic amines is 1. The van der Waals surface area contributed by atoms with Crippen molar-refractivity contribution in [2.75, 3.05) is 11.4 Å². The molecule has 0 saturated heterocycles. The van der Waals surface area contributed by atoms with Crippen LogP contribution < -0.4 is 4.90 Å². The zero-order valence-corrected chi connectivity index (χ0v) is 17.3. The fraction of sp³-hybridized carbons (Fsp3) is 0.238. The topological polar surface area (TPSA) is 62.4 Å². The summed E-state index contributed by atoms with van der Waals surface area (Å²) >= 11 is 12.5. The molecule has 0 fully saturated rings. The van der Waals surface area contributed by atoms with Crippen molar-refractivity contribution in [2.45, 2.75) is 26.4 Å². The molecule has 1 aromatic heterocycles. The van der Waals surface area contributed by atoms with Gasteiger partial charge in [-0.15, -0.1) is 0 Å². The van der Waals surface area contributed by atoms with E-state index in [1.807, 2.05) is 18.2 Å². The first-order valence-electron chi connectivity index (χ1n) is 8.71. The van der Waals surface area contributed by atoms with E-state index < -0.39 is 17.5 Å². The minimum absolute atomic E-state index is 0.137. The standard InChI is InChI=1S/C21H20Cl2N2O3/c1-21(2,3)28-17(26)12-25(16-9-4-6-13-10-11-24-19(13)16)20(27)18-14(22)7-5-8-15(18)23/h4-11,24H,12H2,1-3H3. The zero-order chi connectivity index (χ0) is 20.5. The Balaban J connectivity index is 2.08. The number of carbonyl (C=O) groups is 2. The monoisotopic (exact) mass is 418 g/mol. The highest BCUT2D eigenvalue weighted by atomic mass is 35.5. The second-order valence-corrected chi connectivity index (χ2v) is 8.11. The quantitative estimate of drug-likeness (QED) is 0.571. The number of fused-ring (bicyclic) bond motifs is 1. The highest BCUT2D eigenvalue weighted by Crippen LogP contribution is 2.31. The van der Waals surface area contributed by atoms with Crippen molar-refractivity contribution in [3.05, 3.63) is 64.3 Å². The number of nitrogens with zero attached hydrogens (tertiary/aromatic N) is 1. The maximum absolute atomic E-state index is 13.4. The smallest absolute Gasteiger partial charge is 0.326 e. The molecule has 0 aliphatic heterocycles. The Bertz CT molecular complexity index is 1020. The number of benzene rings is 2. The van der Waals surface area contributed by atoms with Crippen molar-refractivity contribution in [1.29, 1.82) is 0 Å². The normalized spacial score (nSPS) is 11.5. The molecule has 7 heteroatoms. The Labute approximate surface area is 173 Å². The van der Waals surface area contributed by atoms with Gasteiger partial charge in [0.2, 0.25) is 0 Å². The number of H-pyrrole nitrogens is 1. The number of halogens is 2. The van der Waals surface area contributed by atoms with Gasteiger partial charge in [0.25, 0.3) is 5.91 Å². The third kappa shape index (κ3) is 4.32. The number of amides is 1. The zero-order valence-electron chi connectivity index (χ0n) is 15.8. The lowest BCUT2D eigenvalue weighted by Crippen LogP contribution is -2.39. The van der Waals surface area contributed by atoms with Crippen LogP contribution in [-0.2, 0) is 9.53 Å². The van der Waals surface area contributed by atoms with Crippen LogP contribution in [0.4, 0.5) is 5.69 Å². The van der Waals surface area contributed by atoms with Crippen molar-refractivity contribution < 1.29 is 14.3 Å². The van der Waals surface area contributed by atoms with E-state index >= 15 is 0 Å². The number of ether oxygens (including phenoxy) is 1. The minimum atomic E-state index is -0.674. The minimum Gasteiger partial charge on any atom is -0.459 e. The van der Waals surface area contributed by atoms with Crippen LogP contribution in [0.25, 0.3) is 10.9 Å². The summed E-state index contributed by atoms with van der Waals surface area (Å²) in [4.78, 5) is 30.4. The molecular formula is C21H20Cl2N2O3. The van der Waals surface area contributed by atoms with E-state index in [9.17, 15) is 9.59 Å². The molecule has 1 N–H and O–H groups in total. The van der Waals surface area contributed by atoms with Crippen LogP contribution in [0, 0.1) is 0 Å². The Hall–Kier alpha value is -2.50. The molecule has 0 aliphatic rings. The third-order valence-corrected chi connectivity index (χ3v) is 4.62. The summed E-state index contributed by atoms with van der Waals surface area (Å²) in [6.07, 6.45) is 1.77. The molecule has 3 aromatic rings. The number of nitrogens with one attached hydrogen (secondary N) is 1. The van der Waals surface area contributed by atoms with E-state index in [0.29, 0.717) is 5.69 Å². The number of para-hydroxylation sites is 1. The highest BCUT2D eigenvalue weighted by Gasteiger charge is 2.28. The Morgan fingerprint density at radius 2 is 1.68 bits per heavy atom. The molecule has 0 radical (unpaired) electrons. The molecule has 0 atom stereocenters. The van der Waals surface area contributed by atoms with Crippen molar-refractivity contribution in [3.8, 4) is 0 Å². The highest BCUT2D eigenvalue weighted by molar-refractivity contribution is 6.40. The molecule has 1 amide bonds. The summed E-state index contributed by atoms with van der Waals surface area (Å²) in [5.41, 5.74) is 0.724. The van der Waals surface area contributed by atoms with Gasteiger partial charge >= 0.3 is 5.97 Å². The van der Waals surface area contributed by atoms with Gasteiger partial charge in [-0.05, 0) is 45.0 Å². The SMILES string of the molecule is CC(C)(C)OC(=O)CN(C(=O)c1c(Cl)cccc1Cl)c1cccc2cc[nH]c12. The maximum atomic E-state index is 13.4. The summed E-state index contributed by atoms with van der Waals surface area (Å²) in [6, 6.07) is 12.2. The number of rotatable bonds is 4. The number of hydrogen-bond donors (Lipinski definition) is 1. The second kappa shape index (κ2) is 7.86. The Kier molecular flexibility index (Phi) is 5.68. The number of anilines is 1. The molecule has 5 nitrogen and oxygen atoms in total. The Morgan fingerprint density at radius 1 is 1.04 bits per heavy atom. The molecule has 2 aromatic carbocycles. The third-order valence-electron chi connectivity index (χ3n) is 3.99. The molecule has 1 heterocycles. The molecule has 28 heavy (non-hydrogen) atoms. The van der Waals surface area contributed by atoms with Gasteiger partial charge in [0.15, 0.2) is 0 Å². The molecular weight excluding hydrogens is 399 g/mol. The van der Waals surface area contributed by atoms with E-state index in [1.165, 1.54) is 4.90 Å². The van der Waals surface area contributed by atoms with E-state index in [1.54, 1.807) is 51.2 Å². The van der Waals surface area contributed by atoms with Crippen LogP contribution in [0.2, 0.25) is 10.0 Å². The lowest BCUT2D eigenvalue weighted by Gasteiger charge is -2.26. The van der Waals surface area contributed by atoms with Gasteiger partial charge in [-0.25, -0.2) is 0 Å². The van der Waals surface area contributed by atoms with Crippen LogP contribution in [0.15, 0.2) is 48.7 Å². The molecule has 0 spiro atoms. The van der Waals surface area contributed by atoms with Crippen molar-refractivity contribution >= 4 is 51.7 Å². The molecule has 0 unspecified atom stereocenters. The van der Waals surface area contributed by atoms with E-state index in [0.717, 1.165) is 10.9 Å². The van der Waals surface area contributed by atoms with E-state index in [4.69, 9.17) is 27.9 Å². The number of hydrogen-bond acceptors (Lipinski definition) is 3. The number of aromatic nitrogens is 1. The van der Waals surface area contributed by atoms with Gasteiger partial charge in [-0.2, -0.15) is 0 Å². The van der Waals surface area contributed by atoms with Gasteiger partial charge in [0.05, 0.1) is 26.8 Å². The summed E-state index contributed by atoms with van der Waals surface area (Å²) in [6.45, 7) is 5.03. The summed E-state index contributed by atoms with van der Waals surface area (Å²) < 4.78 is 5.42. The van der Waals surface area contributed by atoms with Crippen LogP contribution in [-0.4, -0.2) is 29.0 Å². The van der Waals surface area contributed by atoms with Crippen LogP contribution in [0.5, 0.6) is 0 Å². The fourth-order valence-electron chi connectivity index (χ4n) is 2.90. The van der Waals surface area contributed by atoms with Gasteiger partial charge in [0.1, 0.15) is 12.1 Å². The van der Waals surface area contributed by atoms with E-state index in [-0.39, 0.29) is 22.2 Å². The molecule has 0 saturated carbocycles. The molecule has 0 aliphatic carbocycles. The van der Waals surface area contributed by atoms with Crippen LogP contribution in [0.3, 0.4) is 0 Å². The van der Waals surface area contributed by atoms with Crippen LogP contribution in [0.1, 0.15) is 31.1 Å². The van der Waals surface area contributed by atoms with Gasteiger partial charge in [-0.3, -0.25) is 14.5 Å². The van der Waals surface area contributed by atoms with Crippen molar-refractivity contribution in [1.82, 2.24) is 4.98 Å². The predicted octanol–water partition coefficient (Wildman–Crippen LogP) is 5.46. The maximum Gasteiger partial charge on any atom is 0.326 e. The first-order chi connectivity index (χ1) is 13.2.